The fourth-order valence-corrected chi connectivity index (χ4v) is 3.78. The van der Waals surface area contributed by atoms with Gasteiger partial charge >= 0.3 is 7.12 Å². The van der Waals surface area contributed by atoms with Gasteiger partial charge in [-0.2, -0.15) is 0 Å². The molecule has 4 nitrogen and oxygen atoms in total. The molecule has 0 bridgehead atoms. The van der Waals surface area contributed by atoms with Crippen molar-refractivity contribution in [2.75, 3.05) is 0 Å². The van der Waals surface area contributed by atoms with E-state index in [1.807, 2.05) is 42.5 Å². The summed E-state index contributed by atoms with van der Waals surface area (Å²) in [7, 11) is -0.494. The standard InChI is InChI=1S/C24H23BN2O2/c1-23(2)24(3,4)29-25(28-23)21-15-9-14-20(26-21)22-18-12-6-5-10-16(18)17-11-7-8-13-19(17)27-22/h5-15H,1-4H3. The van der Waals surface area contributed by atoms with E-state index < -0.39 is 18.3 Å². The molecule has 0 N–H and O–H groups in total. The highest BCUT2D eigenvalue weighted by atomic mass is 16.7. The van der Waals surface area contributed by atoms with Gasteiger partial charge < -0.3 is 9.31 Å². The van der Waals surface area contributed by atoms with Crippen molar-refractivity contribution in [1.29, 1.82) is 0 Å². The van der Waals surface area contributed by atoms with Gasteiger partial charge in [0.05, 0.1) is 33.7 Å². The minimum Gasteiger partial charge on any atom is -0.398 e. The van der Waals surface area contributed by atoms with Crippen LogP contribution in [0.1, 0.15) is 27.7 Å². The summed E-state index contributed by atoms with van der Waals surface area (Å²) in [4.78, 5) is 9.85. The van der Waals surface area contributed by atoms with Gasteiger partial charge in [-0.25, -0.2) is 4.98 Å². The maximum atomic E-state index is 6.19. The largest absolute Gasteiger partial charge is 0.514 e. The van der Waals surface area contributed by atoms with Crippen molar-refractivity contribution in [3.63, 3.8) is 0 Å². The molecule has 0 saturated carbocycles. The van der Waals surface area contributed by atoms with Crippen molar-refractivity contribution < 1.29 is 9.31 Å². The van der Waals surface area contributed by atoms with E-state index in [0.717, 1.165) is 33.3 Å². The van der Waals surface area contributed by atoms with Crippen LogP contribution in [-0.4, -0.2) is 28.3 Å². The highest BCUT2D eigenvalue weighted by Crippen LogP contribution is 2.36. The molecule has 5 heteroatoms. The van der Waals surface area contributed by atoms with E-state index >= 15 is 0 Å². The molecule has 1 fully saturated rings. The van der Waals surface area contributed by atoms with Gasteiger partial charge in [0.15, 0.2) is 0 Å². The third-order valence-electron chi connectivity index (χ3n) is 6.12. The Morgan fingerprint density at radius 2 is 1.28 bits per heavy atom. The van der Waals surface area contributed by atoms with Crippen molar-refractivity contribution in [1.82, 2.24) is 9.97 Å². The Labute approximate surface area is 171 Å². The van der Waals surface area contributed by atoms with Gasteiger partial charge in [0.25, 0.3) is 0 Å². The second-order valence-electron chi connectivity index (χ2n) is 8.56. The lowest BCUT2D eigenvalue weighted by molar-refractivity contribution is 0.00578. The zero-order chi connectivity index (χ0) is 20.2. The molecule has 0 aliphatic carbocycles. The molecule has 29 heavy (non-hydrogen) atoms. The maximum absolute atomic E-state index is 6.19. The van der Waals surface area contributed by atoms with E-state index in [1.54, 1.807) is 0 Å². The molecule has 0 atom stereocenters. The highest BCUT2D eigenvalue weighted by Gasteiger charge is 2.52. The second-order valence-corrected chi connectivity index (χ2v) is 8.56. The highest BCUT2D eigenvalue weighted by molar-refractivity contribution is 6.61. The summed E-state index contributed by atoms with van der Waals surface area (Å²) in [5, 5.41) is 3.41. The number of hydrogen-bond donors (Lipinski definition) is 0. The summed E-state index contributed by atoms with van der Waals surface area (Å²) in [6.45, 7) is 8.20. The number of nitrogens with zero attached hydrogens (tertiary/aromatic N) is 2. The second kappa shape index (κ2) is 6.38. The molecule has 1 aliphatic heterocycles. The van der Waals surface area contributed by atoms with Crippen LogP contribution < -0.4 is 5.59 Å². The minimum absolute atomic E-state index is 0.400. The average molecular weight is 382 g/mol. The van der Waals surface area contributed by atoms with Crippen LogP contribution in [0.15, 0.2) is 66.7 Å². The van der Waals surface area contributed by atoms with Crippen LogP contribution in [0.4, 0.5) is 0 Å². The van der Waals surface area contributed by atoms with E-state index in [0.29, 0.717) is 0 Å². The smallest absolute Gasteiger partial charge is 0.398 e. The van der Waals surface area contributed by atoms with Crippen LogP contribution in [0.3, 0.4) is 0 Å². The molecule has 1 aliphatic rings. The Bertz CT molecular complexity index is 1220. The molecule has 3 heterocycles. The van der Waals surface area contributed by atoms with Crippen molar-refractivity contribution in [3.05, 3.63) is 66.7 Å². The summed E-state index contributed by atoms with van der Waals surface area (Å²) in [6, 6.07) is 22.5. The van der Waals surface area contributed by atoms with Gasteiger partial charge in [-0.15, -0.1) is 0 Å². The molecule has 1 saturated heterocycles. The van der Waals surface area contributed by atoms with Crippen LogP contribution in [0.25, 0.3) is 33.1 Å². The number of benzene rings is 2. The van der Waals surface area contributed by atoms with Crippen molar-refractivity contribution in [3.8, 4) is 11.4 Å². The van der Waals surface area contributed by atoms with E-state index in [-0.39, 0.29) is 0 Å². The number of para-hydroxylation sites is 1. The molecule has 0 radical (unpaired) electrons. The van der Waals surface area contributed by atoms with Gasteiger partial charge in [-0.1, -0.05) is 48.5 Å². The zero-order valence-electron chi connectivity index (χ0n) is 17.1. The Hall–Kier alpha value is -2.76. The van der Waals surface area contributed by atoms with Crippen LogP contribution in [0.5, 0.6) is 0 Å². The Morgan fingerprint density at radius 3 is 2.00 bits per heavy atom. The Morgan fingerprint density at radius 1 is 0.655 bits per heavy atom. The van der Waals surface area contributed by atoms with Crippen LogP contribution in [-0.2, 0) is 9.31 Å². The van der Waals surface area contributed by atoms with E-state index in [9.17, 15) is 0 Å². The molecule has 2 aromatic carbocycles. The normalized spacial score (nSPS) is 17.9. The number of rotatable bonds is 2. The van der Waals surface area contributed by atoms with Crippen molar-refractivity contribution in [2.24, 2.45) is 0 Å². The fraction of sp³-hybridized carbons (Fsp3) is 0.250. The topological polar surface area (TPSA) is 44.2 Å². The summed E-state index contributed by atoms with van der Waals surface area (Å²) < 4.78 is 12.4. The monoisotopic (exact) mass is 382 g/mol. The first-order valence-corrected chi connectivity index (χ1v) is 9.96. The summed E-state index contributed by atoms with van der Waals surface area (Å²) in [6.07, 6.45) is 0. The van der Waals surface area contributed by atoms with Crippen LogP contribution >= 0.6 is 0 Å². The number of pyridine rings is 2. The SMILES string of the molecule is CC1(C)OB(c2cccc(-c3nc4ccccc4c4ccccc34)n2)OC1(C)C. The van der Waals surface area contributed by atoms with Crippen molar-refractivity contribution in [2.45, 2.75) is 38.9 Å². The first kappa shape index (κ1) is 18.3. The molecule has 4 aromatic rings. The lowest BCUT2D eigenvalue weighted by atomic mass is 9.84. The molecule has 5 rings (SSSR count). The van der Waals surface area contributed by atoms with E-state index in [4.69, 9.17) is 19.3 Å². The Kier molecular flexibility index (Phi) is 4.02. The predicted molar refractivity (Wildman–Crippen MR) is 118 cm³/mol. The van der Waals surface area contributed by atoms with Gasteiger partial charge in [0.1, 0.15) is 0 Å². The Balaban J connectivity index is 1.66. The zero-order valence-corrected chi connectivity index (χ0v) is 17.1. The van der Waals surface area contributed by atoms with Gasteiger partial charge in [-0.05, 0) is 51.3 Å². The fourth-order valence-electron chi connectivity index (χ4n) is 3.78. The molecular weight excluding hydrogens is 359 g/mol. The number of hydrogen-bond acceptors (Lipinski definition) is 4. The predicted octanol–water partition coefficient (Wildman–Crippen LogP) is 4.75. The summed E-state index contributed by atoms with van der Waals surface area (Å²) in [5.41, 5.74) is 2.62. The summed E-state index contributed by atoms with van der Waals surface area (Å²) >= 11 is 0. The van der Waals surface area contributed by atoms with Gasteiger partial charge in [0.2, 0.25) is 0 Å². The van der Waals surface area contributed by atoms with Gasteiger partial charge in [-0.3, -0.25) is 4.98 Å². The minimum atomic E-state index is -0.494. The molecule has 0 unspecified atom stereocenters. The summed E-state index contributed by atoms with van der Waals surface area (Å²) in [5.74, 6) is 0. The average Bonchev–Trinajstić information content (AvgIpc) is 2.95. The lowest BCUT2D eigenvalue weighted by Crippen LogP contribution is -2.41. The van der Waals surface area contributed by atoms with E-state index in [2.05, 4.69) is 52.0 Å². The first-order valence-electron chi connectivity index (χ1n) is 9.96. The first-order chi connectivity index (χ1) is 13.9. The quantitative estimate of drug-likeness (QED) is 0.371. The molecular formula is C24H23BN2O2. The molecule has 0 amide bonds. The molecule has 0 spiro atoms. The third-order valence-corrected chi connectivity index (χ3v) is 6.12. The third kappa shape index (κ3) is 2.93. The van der Waals surface area contributed by atoms with Crippen LogP contribution in [0, 0.1) is 0 Å². The van der Waals surface area contributed by atoms with Crippen LogP contribution in [0.2, 0.25) is 0 Å². The molecule has 2 aromatic heterocycles. The van der Waals surface area contributed by atoms with Gasteiger partial charge in [0, 0.05) is 10.8 Å². The van der Waals surface area contributed by atoms with E-state index in [1.165, 1.54) is 5.39 Å². The molecule has 144 valence electrons. The lowest BCUT2D eigenvalue weighted by Gasteiger charge is -2.32. The number of aromatic nitrogens is 2. The van der Waals surface area contributed by atoms with Crippen molar-refractivity contribution >= 4 is 34.4 Å². The number of fused-ring (bicyclic) bond motifs is 3. The maximum Gasteiger partial charge on any atom is 0.514 e.